The lowest BCUT2D eigenvalue weighted by Gasteiger charge is -2.22. The molecule has 8 heteroatoms. The standard InChI is InChI=1S/C21H22N2O5S/c1-14(20(24)22-11-9-15-5-3-4-6-18(15)22)28-21(25)17-7-8-19-16(13-17)10-12-23(19)29(2,26)27/h3-8,13-14H,9-12H2,1-2H3/t14-/m0/s1. The fourth-order valence-electron chi connectivity index (χ4n) is 3.91. The van der Waals surface area contributed by atoms with E-state index < -0.39 is 22.1 Å². The van der Waals surface area contributed by atoms with Gasteiger partial charge >= 0.3 is 5.97 Å². The number of amides is 1. The minimum Gasteiger partial charge on any atom is -0.449 e. The molecular weight excluding hydrogens is 392 g/mol. The van der Waals surface area contributed by atoms with Crippen molar-refractivity contribution >= 4 is 33.3 Å². The Morgan fingerprint density at radius 1 is 1.00 bits per heavy atom. The van der Waals surface area contributed by atoms with Gasteiger partial charge in [-0.2, -0.15) is 0 Å². The van der Waals surface area contributed by atoms with Gasteiger partial charge in [0.15, 0.2) is 6.10 Å². The molecule has 2 aromatic carbocycles. The molecule has 0 bridgehead atoms. The number of carbonyl (C=O) groups is 2. The molecule has 0 radical (unpaired) electrons. The maximum absolute atomic E-state index is 12.8. The molecule has 2 aliphatic rings. The zero-order valence-corrected chi connectivity index (χ0v) is 17.1. The first-order valence-corrected chi connectivity index (χ1v) is 11.3. The number of ether oxygens (including phenoxy) is 1. The van der Waals surface area contributed by atoms with E-state index in [1.54, 1.807) is 24.0 Å². The molecule has 2 aliphatic heterocycles. The van der Waals surface area contributed by atoms with Crippen LogP contribution in [0.5, 0.6) is 0 Å². The van der Waals surface area contributed by atoms with Crippen molar-refractivity contribution in [2.45, 2.75) is 25.9 Å². The molecule has 0 spiro atoms. The Hall–Kier alpha value is -2.87. The van der Waals surface area contributed by atoms with Gasteiger partial charge in [0.1, 0.15) is 0 Å². The summed E-state index contributed by atoms with van der Waals surface area (Å²) in [6, 6.07) is 12.5. The summed E-state index contributed by atoms with van der Waals surface area (Å²) in [6.07, 6.45) is 1.55. The van der Waals surface area contributed by atoms with Gasteiger partial charge in [-0.05, 0) is 55.2 Å². The van der Waals surface area contributed by atoms with E-state index in [0.29, 0.717) is 30.8 Å². The van der Waals surface area contributed by atoms with Crippen LogP contribution in [0.15, 0.2) is 42.5 Å². The van der Waals surface area contributed by atoms with Gasteiger partial charge < -0.3 is 9.64 Å². The molecule has 0 aromatic heterocycles. The summed E-state index contributed by atoms with van der Waals surface area (Å²) < 4.78 is 30.4. The molecule has 2 heterocycles. The average Bonchev–Trinajstić information content (AvgIpc) is 3.30. The summed E-state index contributed by atoms with van der Waals surface area (Å²) in [6.45, 7) is 2.50. The minimum absolute atomic E-state index is 0.257. The summed E-state index contributed by atoms with van der Waals surface area (Å²) in [5, 5.41) is 0. The van der Waals surface area contributed by atoms with Crippen LogP contribution < -0.4 is 9.21 Å². The van der Waals surface area contributed by atoms with E-state index in [1.807, 2.05) is 24.3 Å². The van der Waals surface area contributed by atoms with Crippen molar-refractivity contribution in [2.75, 3.05) is 28.6 Å². The Morgan fingerprint density at radius 2 is 1.72 bits per heavy atom. The number of hydrogen-bond donors (Lipinski definition) is 0. The number of esters is 1. The Balaban J connectivity index is 1.47. The predicted molar refractivity (Wildman–Crippen MR) is 110 cm³/mol. The summed E-state index contributed by atoms with van der Waals surface area (Å²) in [5.41, 5.74) is 3.63. The van der Waals surface area contributed by atoms with E-state index in [2.05, 4.69) is 0 Å². The number of anilines is 2. The van der Waals surface area contributed by atoms with Crippen molar-refractivity contribution < 1.29 is 22.7 Å². The molecule has 152 valence electrons. The van der Waals surface area contributed by atoms with Crippen LogP contribution in [0.1, 0.15) is 28.4 Å². The lowest BCUT2D eigenvalue weighted by molar-refractivity contribution is -0.126. The van der Waals surface area contributed by atoms with E-state index >= 15 is 0 Å². The fourth-order valence-corrected chi connectivity index (χ4v) is 4.87. The fraction of sp³-hybridized carbons (Fsp3) is 0.333. The van der Waals surface area contributed by atoms with Crippen molar-refractivity contribution in [1.29, 1.82) is 0 Å². The molecule has 0 N–H and O–H groups in total. The van der Waals surface area contributed by atoms with Crippen molar-refractivity contribution in [3.8, 4) is 0 Å². The third-order valence-corrected chi connectivity index (χ3v) is 6.53. The summed E-state index contributed by atoms with van der Waals surface area (Å²) in [7, 11) is -3.35. The first-order chi connectivity index (χ1) is 13.8. The van der Waals surface area contributed by atoms with Crippen LogP contribution in [-0.2, 0) is 32.4 Å². The molecule has 0 saturated heterocycles. The molecule has 7 nitrogen and oxygen atoms in total. The highest BCUT2D eigenvalue weighted by atomic mass is 32.2. The molecule has 0 fully saturated rings. The highest BCUT2D eigenvalue weighted by Crippen LogP contribution is 2.31. The van der Waals surface area contributed by atoms with Gasteiger partial charge in [0.25, 0.3) is 5.91 Å². The monoisotopic (exact) mass is 414 g/mol. The van der Waals surface area contributed by atoms with Crippen LogP contribution in [0, 0.1) is 0 Å². The van der Waals surface area contributed by atoms with Crippen LogP contribution >= 0.6 is 0 Å². The smallest absolute Gasteiger partial charge is 0.338 e. The second kappa shape index (κ2) is 7.18. The first-order valence-electron chi connectivity index (χ1n) is 9.46. The van der Waals surface area contributed by atoms with Gasteiger partial charge in [0, 0.05) is 18.8 Å². The number of sulfonamides is 1. The van der Waals surface area contributed by atoms with E-state index in [9.17, 15) is 18.0 Å². The number of rotatable bonds is 4. The molecule has 0 aliphatic carbocycles. The van der Waals surface area contributed by atoms with Gasteiger partial charge in [-0.3, -0.25) is 9.10 Å². The lowest BCUT2D eigenvalue weighted by atomic mass is 10.1. The summed E-state index contributed by atoms with van der Waals surface area (Å²) in [4.78, 5) is 27.0. The third-order valence-electron chi connectivity index (χ3n) is 5.35. The van der Waals surface area contributed by atoms with Crippen molar-refractivity contribution in [3.63, 3.8) is 0 Å². The SMILES string of the molecule is C[C@H](OC(=O)c1ccc2c(c1)CCN2S(C)(=O)=O)C(=O)N1CCc2ccccc21. The Morgan fingerprint density at radius 3 is 2.48 bits per heavy atom. The zero-order valence-electron chi connectivity index (χ0n) is 16.3. The van der Waals surface area contributed by atoms with E-state index in [0.717, 1.165) is 29.5 Å². The number of carbonyl (C=O) groups excluding carboxylic acids is 2. The first kappa shape index (κ1) is 19.4. The average molecular weight is 414 g/mol. The van der Waals surface area contributed by atoms with E-state index in [-0.39, 0.29) is 5.91 Å². The quantitative estimate of drug-likeness (QED) is 0.716. The Kier molecular flexibility index (Phi) is 4.82. The highest BCUT2D eigenvalue weighted by Gasteiger charge is 2.31. The van der Waals surface area contributed by atoms with Crippen LogP contribution in [-0.4, -0.2) is 45.7 Å². The van der Waals surface area contributed by atoms with Crippen molar-refractivity contribution in [1.82, 2.24) is 0 Å². The predicted octanol–water partition coefficient (Wildman–Crippen LogP) is 2.14. The molecular formula is C21H22N2O5S. The maximum Gasteiger partial charge on any atom is 0.338 e. The van der Waals surface area contributed by atoms with Gasteiger partial charge in [0.2, 0.25) is 10.0 Å². The Labute approximate surface area is 169 Å². The largest absolute Gasteiger partial charge is 0.449 e. The molecule has 0 unspecified atom stereocenters. The Bertz CT molecular complexity index is 1100. The lowest BCUT2D eigenvalue weighted by Crippen LogP contribution is -2.39. The number of hydrogen-bond acceptors (Lipinski definition) is 5. The van der Waals surface area contributed by atoms with Crippen LogP contribution in [0.3, 0.4) is 0 Å². The maximum atomic E-state index is 12.8. The van der Waals surface area contributed by atoms with Crippen LogP contribution in [0.4, 0.5) is 11.4 Å². The number of benzene rings is 2. The molecule has 2 aromatic rings. The molecule has 29 heavy (non-hydrogen) atoms. The third kappa shape index (κ3) is 3.60. The molecule has 1 atom stereocenters. The minimum atomic E-state index is -3.35. The molecule has 1 amide bonds. The molecule has 4 rings (SSSR count). The van der Waals surface area contributed by atoms with Gasteiger partial charge in [-0.25, -0.2) is 13.2 Å². The second-order valence-corrected chi connectivity index (χ2v) is 9.25. The number of nitrogens with zero attached hydrogens (tertiary/aromatic N) is 2. The van der Waals surface area contributed by atoms with E-state index in [1.165, 1.54) is 10.4 Å². The topological polar surface area (TPSA) is 84.0 Å². The second-order valence-electron chi connectivity index (χ2n) is 7.34. The highest BCUT2D eigenvalue weighted by molar-refractivity contribution is 7.92. The van der Waals surface area contributed by atoms with Crippen LogP contribution in [0.25, 0.3) is 0 Å². The number of para-hydroxylation sites is 1. The normalized spacial score (nSPS) is 16.3. The van der Waals surface area contributed by atoms with Gasteiger partial charge in [0.05, 0.1) is 17.5 Å². The van der Waals surface area contributed by atoms with E-state index in [4.69, 9.17) is 4.74 Å². The summed E-state index contributed by atoms with van der Waals surface area (Å²) in [5.74, 6) is -0.855. The summed E-state index contributed by atoms with van der Waals surface area (Å²) >= 11 is 0. The number of fused-ring (bicyclic) bond motifs is 2. The van der Waals surface area contributed by atoms with Crippen LogP contribution in [0.2, 0.25) is 0 Å². The van der Waals surface area contributed by atoms with Gasteiger partial charge in [-0.1, -0.05) is 18.2 Å². The van der Waals surface area contributed by atoms with Crippen molar-refractivity contribution in [2.24, 2.45) is 0 Å². The zero-order chi connectivity index (χ0) is 20.8. The van der Waals surface area contributed by atoms with Gasteiger partial charge in [-0.15, -0.1) is 0 Å². The van der Waals surface area contributed by atoms with Crippen molar-refractivity contribution in [3.05, 3.63) is 59.2 Å². The molecule has 0 saturated carbocycles.